The standard InChI is InChI=1S/C13H14ClN5O3S/c1-22-13-6-12(16-8-17-13)19-23(20,21)10-4-2-9(3-5-10)18-11(15)7-14/h2-6,8H,7H2,1H3,(H2,15,18)(H,16,17,19). The van der Waals surface area contributed by atoms with Crippen molar-refractivity contribution in [2.75, 3.05) is 17.7 Å². The second-order valence-corrected chi connectivity index (χ2v) is 6.23. The van der Waals surface area contributed by atoms with Crippen molar-refractivity contribution in [3.8, 4) is 5.88 Å². The number of anilines is 1. The number of aliphatic imine (C=N–C) groups is 1. The number of hydrogen-bond acceptors (Lipinski definition) is 6. The van der Waals surface area contributed by atoms with Crippen LogP contribution in [0.5, 0.6) is 5.88 Å². The number of nitrogens with two attached hydrogens (primary N) is 1. The van der Waals surface area contributed by atoms with E-state index in [-0.39, 0.29) is 28.3 Å². The lowest BCUT2D eigenvalue weighted by Crippen LogP contribution is -2.14. The summed E-state index contributed by atoms with van der Waals surface area (Å²) in [4.78, 5) is 11.7. The molecule has 0 aliphatic rings. The molecule has 122 valence electrons. The van der Waals surface area contributed by atoms with Gasteiger partial charge >= 0.3 is 0 Å². The van der Waals surface area contributed by atoms with E-state index >= 15 is 0 Å². The fourth-order valence-electron chi connectivity index (χ4n) is 1.60. The molecule has 0 spiro atoms. The highest BCUT2D eigenvalue weighted by molar-refractivity contribution is 7.92. The van der Waals surface area contributed by atoms with Gasteiger partial charge in [0.1, 0.15) is 18.0 Å². The molecule has 3 N–H and O–H groups in total. The molecule has 1 heterocycles. The molecule has 0 bridgehead atoms. The summed E-state index contributed by atoms with van der Waals surface area (Å²) >= 11 is 5.54. The zero-order chi connectivity index (χ0) is 16.9. The summed E-state index contributed by atoms with van der Waals surface area (Å²) in [6, 6.07) is 7.22. The number of nitrogens with one attached hydrogen (secondary N) is 1. The molecule has 0 saturated heterocycles. The average Bonchev–Trinajstić information content (AvgIpc) is 2.55. The lowest BCUT2D eigenvalue weighted by molar-refractivity contribution is 0.397. The molecule has 0 unspecified atom stereocenters. The SMILES string of the molecule is COc1cc(NS(=O)(=O)c2ccc(N=C(N)CCl)cc2)ncn1. The van der Waals surface area contributed by atoms with Gasteiger partial charge in [-0.3, -0.25) is 4.72 Å². The third-order valence-electron chi connectivity index (χ3n) is 2.65. The predicted molar refractivity (Wildman–Crippen MR) is 87.8 cm³/mol. The maximum absolute atomic E-state index is 12.3. The van der Waals surface area contributed by atoms with Gasteiger partial charge in [0.25, 0.3) is 10.0 Å². The zero-order valence-corrected chi connectivity index (χ0v) is 13.7. The summed E-state index contributed by atoms with van der Waals surface area (Å²) in [6.07, 6.45) is 1.20. The summed E-state index contributed by atoms with van der Waals surface area (Å²) in [6.45, 7) is 0. The van der Waals surface area contributed by atoms with Crippen molar-refractivity contribution in [1.82, 2.24) is 9.97 Å². The lowest BCUT2D eigenvalue weighted by atomic mass is 10.3. The molecule has 2 aromatic rings. The van der Waals surface area contributed by atoms with Gasteiger partial charge in [0.05, 0.1) is 23.6 Å². The Morgan fingerprint density at radius 2 is 2.04 bits per heavy atom. The number of hydrogen-bond donors (Lipinski definition) is 2. The number of nitrogens with zero attached hydrogens (tertiary/aromatic N) is 3. The number of benzene rings is 1. The van der Waals surface area contributed by atoms with Crippen molar-refractivity contribution >= 4 is 39.0 Å². The van der Waals surface area contributed by atoms with Gasteiger partial charge in [-0.15, -0.1) is 11.6 Å². The van der Waals surface area contributed by atoms with Crippen molar-refractivity contribution in [1.29, 1.82) is 0 Å². The number of ether oxygens (including phenoxy) is 1. The summed E-state index contributed by atoms with van der Waals surface area (Å²) in [5.41, 5.74) is 6.03. The van der Waals surface area contributed by atoms with Crippen molar-refractivity contribution in [3.05, 3.63) is 36.7 Å². The van der Waals surface area contributed by atoms with Crippen LogP contribution in [0, 0.1) is 0 Å². The van der Waals surface area contributed by atoms with E-state index in [2.05, 4.69) is 19.7 Å². The van der Waals surface area contributed by atoms with Crippen LogP contribution < -0.4 is 15.2 Å². The van der Waals surface area contributed by atoms with E-state index in [0.717, 1.165) is 0 Å². The zero-order valence-electron chi connectivity index (χ0n) is 12.1. The third kappa shape index (κ3) is 4.54. The highest BCUT2D eigenvalue weighted by Crippen LogP contribution is 2.20. The summed E-state index contributed by atoms with van der Waals surface area (Å²) in [5, 5.41) is 0. The van der Waals surface area contributed by atoms with Crippen LogP contribution in [0.1, 0.15) is 0 Å². The van der Waals surface area contributed by atoms with Gasteiger partial charge in [-0.25, -0.2) is 23.4 Å². The molecule has 0 aliphatic heterocycles. The molecular weight excluding hydrogens is 342 g/mol. The molecule has 0 atom stereocenters. The molecule has 1 aromatic heterocycles. The van der Waals surface area contributed by atoms with Crippen LogP contribution in [0.4, 0.5) is 11.5 Å². The minimum atomic E-state index is -3.79. The predicted octanol–water partition coefficient (Wildman–Crippen LogP) is 1.51. The monoisotopic (exact) mass is 355 g/mol. The first kappa shape index (κ1) is 17.0. The molecule has 10 heteroatoms. The molecule has 0 saturated carbocycles. The van der Waals surface area contributed by atoms with Gasteiger partial charge in [-0.2, -0.15) is 0 Å². The summed E-state index contributed by atoms with van der Waals surface area (Å²) in [7, 11) is -2.37. The van der Waals surface area contributed by atoms with Crippen molar-refractivity contribution in [2.24, 2.45) is 10.7 Å². The van der Waals surface area contributed by atoms with E-state index in [0.29, 0.717) is 5.69 Å². The topological polar surface area (TPSA) is 120 Å². The Kier molecular flexibility index (Phi) is 5.35. The Morgan fingerprint density at radius 1 is 1.35 bits per heavy atom. The third-order valence-corrected chi connectivity index (χ3v) is 4.29. The maximum Gasteiger partial charge on any atom is 0.263 e. The molecule has 23 heavy (non-hydrogen) atoms. The highest BCUT2D eigenvalue weighted by atomic mass is 35.5. The van der Waals surface area contributed by atoms with Crippen molar-refractivity contribution in [3.63, 3.8) is 0 Å². The Hall–Kier alpha value is -2.39. The second-order valence-electron chi connectivity index (χ2n) is 4.28. The van der Waals surface area contributed by atoms with Gasteiger partial charge in [0, 0.05) is 6.07 Å². The Balaban J connectivity index is 2.22. The van der Waals surface area contributed by atoms with Crippen LogP contribution in [-0.4, -0.2) is 37.2 Å². The Bertz CT molecular complexity index is 809. The fourth-order valence-corrected chi connectivity index (χ4v) is 2.66. The number of halogens is 1. The molecule has 2 rings (SSSR count). The number of amidine groups is 1. The fraction of sp³-hybridized carbons (Fsp3) is 0.154. The van der Waals surface area contributed by atoms with Gasteiger partial charge in [0.2, 0.25) is 5.88 Å². The van der Waals surface area contributed by atoms with E-state index in [4.69, 9.17) is 22.1 Å². The molecule has 0 radical (unpaired) electrons. The number of methoxy groups -OCH3 is 1. The van der Waals surface area contributed by atoms with Crippen molar-refractivity contribution in [2.45, 2.75) is 4.90 Å². The quantitative estimate of drug-likeness (QED) is 0.460. The molecule has 0 aliphatic carbocycles. The van der Waals surface area contributed by atoms with Crippen LogP contribution >= 0.6 is 11.6 Å². The number of aromatic nitrogens is 2. The van der Waals surface area contributed by atoms with Gasteiger partial charge in [-0.1, -0.05) is 0 Å². The molecule has 0 fully saturated rings. The van der Waals surface area contributed by atoms with Crippen LogP contribution in [0.3, 0.4) is 0 Å². The van der Waals surface area contributed by atoms with Crippen LogP contribution in [-0.2, 0) is 10.0 Å². The molecule has 0 amide bonds. The minimum Gasteiger partial charge on any atom is -0.481 e. The van der Waals surface area contributed by atoms with Gasteiger partial charge < -0.3 is 10.5 Å². The lowest BCUT2D eigenvalue weighted by Gasteiger charge is -2.08. The van der Waals surface area contributed by atoms with E-state index in [1.807, 2.05) is 0 Å². The van der Waals surface area contributed by atoms with Crippen molar-refractivity contribution < 1.29 is 13.2 Å². The molecular formula is C13H14ClN5O3S. The molecule has 1 aromatic carbocycles. The smallest absolute Gasteiger partial charge is 0.263 e. The van der Waals surface area contributed by atoms with Gasteiger partial charge in [0.15, 0.2) is 0 Å². The minimum absolute atomic E-state index is 0.0541. The number of rotatable bonds is 6. The summed E-state index contributed by atoms with van der Waals surface area (Å²) in [5.74, 6) is 0.690. The van der Waals surface area contributed by atoms with Gasteiger partial charge in [-0.05, 0) is 24.3 Å². The average molecular weight is 356 g/mol. The largest absolute Gasteiger partial charge is 0.481 e. The normalized spacial score (nSPS) is 12.0. The number of sulfonamides is 1. The second kappa shape index (κ2) is 7.25. The van der Waals surface area contributed by atoms with Crippen LogP contribution in [0.25, 0.3) is 0 Å². The summed E-state index contributed by atoms with van der Waals surface area (Å²) < 4.78 is 31.8. The number of alkyl halides is 1. The highest BCUT2D eigenvalue weighted by Gasteiger charge is 2.15. The maximum atomic E-state index is 12.3. The first-order valence-corrected chi connectivity index (χ1v) is 8.34. The first-order chi connectivity index (χ1) is 10.9. The van der Waals surface area contributed by atoms with E-state index < -0.39 is 10.0 Å². The van der Waals surface area contributed by atoms with Crippen LogP contribution in [0.15, 0.2) is 46.5 Å². The van der Waals surface area contributed by atoms with E-state index in [9.17, 15) is 8.42 Å². The first-order valence-electron chi connectivity index (χ1n) is 6.32. The Labute approximate surface area is 138 Å². The Morgan fingerprint density at radius 3 is 2.65 bits per heavy atom. The van der Waals surface area contributed by atoms with E-state index in [1.54, 1.807) is 0 Å². The molecule has 8 nitrogen and oxygen atoms in total. The van der Waals surface area contributed by atoms with E-state index in [1.165, 1.54) is 43.8 Å². The van der Waals surface area contributed by atoms with Crippen LogP contribution in [0.2, 0.25) is 0 Å².